The Morgan fingerprint density at radius 3 is 2.35 bits per heavy atom. The molecule has 1 aromatic rings. The Morgan fingerprint density at radius 1 is 1.14 bits per heavy atom. The standard InChI is InChI=1S/C27H30N2O8/c1-10-12-8-9-13(11-6-4-5-7-11)20(30)15(12)21(31)16-14(10)22(32)18-19(29(2)3)23(33)17(26(28)36)25(35)27(18,37)24(16)34/h4,6,8-11,14,18-19,22,30-32,35,37H,5,7H2,1-3H3,(H2,28,36)/t10-,11?,14-,18-,19+,22-,27+/m1/s1. The van der Waals surface area contributed by atoms with Crippen LogP contribution >= 0.6 is 0 Å². The third-order valence-electron chi connectivity index (χ3n) is 8.57. The predicted molar refractivity (Wildman–Crippen MR) is 131 cm³/mol. The van der Waals surface area contributed by atoms with Crippen LogP contribution in [0.4, 0.5) is 0 Å². The number of benzene rings is 1. The summed E-state index contributed by atoms with van der Waals surface area (Å²) in [6.45, 7) is 1.71. The Kier molecular flexibility index (Phi) is 5.63. The first kappa shape index (κ1) is 25.2. The van der Waals surface area contributed by atoms with E-state index in [2.05, 4.69) is 0 Å². The van der Waals surface area contributed by atoms with Gasteiger partial charge in [-0.25, -0.2) is 0 Å². The Hall–Kier alpha value is -3.47. The topological polar surface area (TPSA) is 182 Å². The Labute approximate surface area is 213 Å². The number of aliphatic hydroxyl groups excluding tert-OH is 3. The smallest absolute Gasteiger partial charge is 0.255 e. The first-order valence-electron chi connectivity index (χ1n) is 12.2. The van der Waals surface area contributed by atoms with Crippen LogP contribution in [0.3, 0.4) is 0 Å². The summed E-state index contributed by atoms with van der Waals surface area (Å²) in [4.78, 5) is 40.6. The van der Waals surface area contributed by atoms with E-state index in [4.69, 9.17) is 5.73 Å². The van der Waals surface area contributed by atoms with Crippen LogP contribution in [0.1, 0.15) is 48.3 Å². The number of carbonyl (C=O) groups excluding carboxylic acids is 3. The molecule has 0 aliphatic heterocycles. The second kappa shape index (κ2) is 8.27. The SMILES string of the molecule is C[C@@H]1c2ccc(C3C=CCC3)c(O)c2C(O)=C2C(=O)[C@]3(O)C(O)=C(C(N)=O)C(=O)[C@@H](N(C)C)[C@@H]3[C@H](O)[C@@H]21. The van der Waals surface area contributed by atoms with Gasteiger partial charge in [-0.05, 0) is 38.4 Å². The number of rotatable bonds is 3. The molecule has 7 atom stereocenters. The number of carbonyl (C=O) groups is 3. The van der Waals surface area contributed by atoms with Crippen molar-refractivity contribution in [1.82, 2.24) is 4.90 Å². The number of Topliss-reactive ketones (excluding diaryl/α,β-unsaturated/α-hetero) is 2. The molecule has 4 aliphatic carbocycles. The maximum atomic E-state index is 14.0. The molecule has 4 aliphatic rings. The van der Waals surface area contributed by atoms with Crippen LogP contribution < -0.4 is 5.73 Å². The fourth-order valence-corrected chi connectivity index (χ4v) is 6.82. The second-order valence-electron chi connectivity index (χ2n) is 10.6. The number of hydrogen-bond donors (Lipinski definition) is 6. The number of aliphatic hydroxyl groups is 4. The van der Waals surface area contributed by atoms with E-state index in [0.29, 0.717) is 11.1 Å². The zero-order valence-electron chi connectivity index (χ0n) is 20.7. The number of nitrogens with zero attached hydrogens (tertiary/aromatic N) is 1. The number of ketones is 2. The fourth-order valence-electron chi connectivity index (χ4n) is 6.82. The molecule has 10 heteroatoms. The molecule has 0 heterocycles. The third kappa shape index (κ3) is 3.12. The van der Waals surface area contributed by atoms with E-state index in [0.717, 1.165) is 12.8 Å². The van der Waals surface area contributed by atoms with Gasteiger partial charge in [-0.2, -0.15) is 0 Å². The summed E-state index contributed by atoms with van der Waals surface area (Å²) >= 11 is 0. The number of primary amides is 1. The van der Waals surface area contributed by atoms with Crippen molar-refractivity contribution in [1.29, 1.82) is 0 Å². The molecule has 1 amide bonds. The minimum Gasteiger partial charge on any atom is -0.508 e. The number of aromatic hydroxyl groups is 1. The van der Waals surface area contributed by atoms with Crippen molar-refractivity contribution in [3.05, 3.63) is 57.9 Å². The van der Waals surface area contributed by atoms with Gasteiger partial charge in [-0.3, -0.25) is 19.3 Å². The van der Waals surface area contributed by atoms with Crippen molar-refractivity contribution in [2.75, 3.05) is 14.1 Å². The Morgan fingerprint density at radius 2 is 1.78 bits per heavy atom. The maximum absolute atomic E-state index is 14.0. The van der Waals surface area contributed by atoms with Gasteiger partial charge in [0.1, 0.15) is 22.8 Å². The quantitative estimate of drug-likeness (QED) is 0.254. The lowest BCUT2D eigenvalue weighted by Crippen LogP contribution is -2.70. The summed E-state index contributed by atoms with van der Waals surface area (Å²) in [5, 5.41) is 56.9. The number of likely N-dealkylation sites (N-methyl/N-ethyl adjacent to an activating group) is 1. The van der Waals surface area contributed by atoms with E-state index < -0.39 is 70.1 Å². The van der Waals surface area contributed by atoms with Gasteiger partial charge < -0.3 is 31.3 Å². The lowest BCUT2D eigenvalue weighted by atomic mass is 9.54. The number of amides is 1. The first-order valence-corrected chi connectivity index (χ1v) is 12.2. The molecule has 10 nitrogen and oxygen atoms in total. The minimum atomic E-state index is -2.91. The summed E-state index contributed by atoms with van der Waals surface area (Å²) in [6.07, 6.45) is 3.96. The van der Waals surface area contributed by atoms with Crippen molar-refractivity contribution >= 4 is 23.2 Å². The molecule has 1 saturated carbocycles. The van der Waals surface area contributed by atoms with Gasteiger partial charge in [0.05, 0.1) is 23.6 Å². The van der Waals surface area contributed by atoms with Crippen molar-refractivity contribution in [3.63, 3.8) is 0 Å². The number of allylic oxidation sites excluding steroid dienone is 2. The number of nitrogens with two attached hydrogens (primary N) is 1. The lowest BCUT2D eigenvalue weighted by molar-refractivity contribution is -0.169. The first-order chi connectivity index (χ1) is 17.3. The summed E-state index contributed by atoms with van der Waals surface area (Å²) < 4.78 is 0. The van der Waals surface area contributed by atoms with Gasteiger partial charge in [0.2, 0.25) is 5.78 Å². The lowest BCUT2D eigenvalue weighted by Gasteiger charge is -2.53. The van der Waals surface area contributed by atoms with E-state index in [-0.39, 0.29) is 22.8 Å². The van der Waals surface area contributed by atoms with E-state index in [1.165, 1.54) is 19.0 Å². The van der Waals surface area contributed by atoms with Crippen LogP contribution in [-0.2, 0) is 14.4 Å². The summed E-state index contributed by atoms with van der Waals surface area (Å²) in [6, 6.07) is 2.13. The molecule has 0 aromatic heterocycles. The Balaban J connectivity index is 1.77. The molecule has 0 spiro atoms. The normalized spacial score (nSPS) is 35.1. The molecule has 1 aromatic carbocycles. The van der Waals surface area contributed by atoms with Crippen molar-refractivity contribution in [3.8, 4) is 5.75 Å². The van der Waals surface area contributed by atoms with E-state index in [1.807, 2.05) is 12.2 Å². The fraction of sp³-hybridized carbons (Fsp3) is 0.444. The average Bonchev–Trinajstić information content (AvgIpc) is 3.35. The third-order valence-corrected chi connectivity index (χ3v) is 8.57. The van der Waals surface area contributed by atoms with Crippen LogP contribution in [-0.4, -0.2) is 79.7 Å². The molecule has 5 rings (SSSR count). The van der Waals surface area contributed by atoms with Crippen LogP contribution in [0, 0.1) is 11.8 Å². The average molecular weight is 511 g/mol. The number of hydrogen-bond acceptors (Lipinski definition) is 9. The van der Waals surface area contributed by atoms with Gasteiger partial charge >= 0.3 is 0 Å². The van der Waals surface area contributed by atoms with Crippen molar-refractivity contribution < 1.29 is 39.9 Å². The highest BCUT2D eigenvalue weighted by molar-refractivity contribution is 6.24. The molecule has 0 bridgehead atoms. The van der Waals surface area contributed by atoms with Gasteiger partial charge in [0.15, 0.2) is 11.4 Å². The number of phenolic OH excluding ortho intramolecular Hbond substituents is 1. The van der Waals surface area contributed by atoms with Crippen LogP contribution in [0.25, 0.3) is 5.76 Å². The second-order valence-corrected chi connectivity index (χ2v) is 10.6. The van der Waals surface area contributed by atoms with Gasteiger partial charge in [-0.1, -0.05) is 31.2 Å². The maximum Gasteiger partial charge on any atom is 0.255 e. The summed E-state index contributed by atoms with van der Waals surface area (Å²) in [5.41, 5.74) is 2.19. The minimum absolute atomic E-state index is 0.0220. The molecule has 1 unspecified atom stereocenters. The summed E-state index contributed by atoms with van der Waals surface area (Å²) in [5.74, 6) is -8.83. The van der Waals surface area contributed by atoms with Crippen molar-refractivity contribution in [2.45, 2.75) is 49.3 Å². The van der Waals surface area contributed by atoms with E-state index in [1.54, 1.807) is 19.1 Å². The molecule has 0 saturated heterocycles. The highest BCUT2D eigenvalue weighted by atomic mass is 16.4. The van der Waals surface area contributed by atoms with Gasteiger partial charge in [0.25, 0.3) is 5.91 Å². The monoisotopic (exact) mass is 510 g/mol. The largest absolute Gasteiger partial charge is 0.508 e. The molecule has 1 fully saturated rings. The van der Waals surface area contributed by atoms with E-state index in [9.17, 15) is 39.9 Å². The molecule has 0 radical (unpaired) electrons. The molecular formula is C27H30N2O8. The van der Waals surface area contributed by atoms with Crippen molar-refractivity contribution in [2.24, 2.45) is 17.6 Å². The summed E-state index contributed by atoms with van der Waals surface area (Å²) in [7, 11) is 2.95. The van der Waals surface area contributed by atoms with Crippen LogP contribution in [0.5, 0.6) is 5.75 Å². The van der Waals surface area contributed by atoms with Gasteiger partial charge in [-0.15, -0.1) is 0 Å². The number of fused-ring (bicyclic) bond motifs is 3. The molecule has 7 N–H and O–H groups in total. The number of phenols is 1. The highest BCUT2D eigenvalue weighted by Gasteiger charge is 2.68. The van der Waals surface area contributed by atoms with Crippen LogP contribution in [0.2, 0.25) is 0 Å². The van der Waals surface area contributed by atoms with Crippen LogP contribution in [0.15, 0.2) is 41.2 Å². The van der Waals surface area contributed by atoms with E-state index >= 15 is 0 Å². The zero-order valence-corrected chi connectivity index (χ0v) is 20.7. The molecule has 37 heavy (non-hydrogen) atoms. The predicted octanol–water partition coefficient (Wildman–Crippen LogP) is 0.929. The van der Waals surface area contributed by atoms with Gasteiger partial charge in [0, 0.05) is 23.0 Å². The highest BCUT2D eigenvalue weighted by Crippen LogP contribution is 2.56. The zero-order chi connectivity index (χ0) is 27.1. The molecular weight excluding hydrogens is 480 g/mol. The Bertz CT molecular complexity index is 1340. The molecule has 196 valence electrons.